The molecule has 11 nitrogen and oxygen atoms in total. The highest BCUT2D eigenvalue weighted by molar-refractivity contribution is 7.46. The number of amides is 1. The molecule has 2 aromatic carbocycles. The van der Waals surface area contributed by atoms with Crippen LogP contribution in [-0.4, -0.2) is 58.3 Å². The Labute approximate surface area is 246 Å². The molecule has 0 radical (unpaired) electrons. The molecule has 1 aliphatic heterocycles. The SMILES string of the molecule is C=CN(/C=C(/C)NCOP(=O)(O)O)c1ccc(/C=C2\O[C@@H](C)CN([C@H](c3cc(F)c(F)c(F)c3)[C@@H](C)O)C2=O)cc1OC. The van der Waals surface area contributed by atoms with Crippen molar-refractivity contribution in [1.29, 1.82) is 0 Å². The molecule has 1 aliphatic rings. The van der Waals surface area contributed by atoms with Gasteiger partial charge < -0.3 is 39.5 Å². The van der Waals surface area contributed by atoms with E-state index in [9.17, 15) is 27.6 Å². The summed E-state index contributed by atoms with van der Waals surface area (Å²) < 4.78 is 68.2. The average molecular weight is 628 g/mol. The molecule has 0 aliphatic carbocycles. The Hall–Kier alpha value is -3.81. The van der Waals surface area contributed by atoms with Crippen molar-refractivity contribution >= 4 is 25.5 Å². The molecule has 0 bridgehead atoms. The summed E-state index contributed by atoms with van der Waals surface area (Å²) in [7, 11) is -3.21. The number of allylic oxidation sites excluding steroid dienone is 1. The van der Waals surface area contributed by atoms with Crippen molar-refractivity contribution in [2.75, 3.05) is 25.3 Å². The van der Waals surface area contributed by atoms with Gasteiger partial charge in [-0.2, -0.15) is 0 Å². The van der Waals surface area contributed by atoms with E-state index in [1.165, 1.54) is 31.2 Å². The van der Waals surface area contributed by atoms with Gasteiger partial charge in [0.05, 0.1) is 31.5 Å². The quantitative estimate of drug-likeness (QED) is 0.117. The summed E-state index contributed by atoms with van der Waals surface area (Å²) in [6, 6.07) is 5.24. The number of morpholine rings is 1. The lowest BCUT2D eigenvalue weighted by Crippen LogP contribution is -2.48. The van der Waals surface area contributed by atoms with Gasteiger partial charge in [0.25, 0.3) is 5.91 Å². The predicted molar refractivity (Wildman–Crippen MR) is 152 cm³/mol. The highest BCUT2D eigenvalue weighted by Crippen LogP contribution is 2.36. The number of carbonyl (C=O) groups excluding carboxylic acids is 1. The molecular weight excluding hydrogens is 594 g/mol. The van der Waals surface area contributed by atoms with Crippen LogP contribution in [0.3, 0.4) is 0 Å². The first-order valence-electron chi connectivity index (χ1n) is 12.9. The number of carbonyl (C=O) groups is 1. The Balaban J connectivity index is 1.91. The summed E-state index contributed by atoms with van der Waals surface area (Å²) in [6.07, 6.45) is 2.67. The number of aliphatic hydroxyl groups excluding tert-OH is 1. The van der Waals surface area contributed by atoms with E-state index < -0.39 is 56.2 Å². The number of hydrogen-bond donors (Lipinski definition) is 4. The summed E-state index contributed by atoms with van der Waals surface area (Å²) in [5, 5.41) is 13.2. The van der Waals surface area contributed by atoms with E-state index in [0.717, 1.165) is 12.1 Å². The van der Waals surface area contributed by atoms with Crippen LogP contribution in [0.4, 0.5) is 18.9 Å². The van der Waals surface area contributed by atoms with E-state index in [1.807, 2.05) is 0 Å². The van der Waals surface area contributed by atoms with Crippen molar-refractivity contribution in [3.8, 4) is 5.75 Å². The third kappa shape index (κ3) is 8.62. The van der Waals surface area contributed by atoms with Crippen LogP contribution in [-0.2, 0) is 18.6 Å². The molecule has 2 aromatic rings. The minimum Gasteiger partial charge on any atom is -0.495 e. The van der Waals surface area contributed by atoms with E-state index in [4.69, 9.17) is 19.3 Å². The van der Waals surface area contributed by atoms with Crippen molar-refractivity contribution < 1.29 is 51.4 Å². The van der Waals surface area contributed by atoms with Gasteiger partial charge in [0.2, 0.25) is 0 Å². The van der Waals surface area contributed by atoms with Crippen LogP contribution < -0.4 is 15.0 Å². The number of rotatable bonds is 12. The number of halogens is 3. The van der Waals surface area contributed by atoms with E-state index in [-0.39, 0.29) is 17.9 Å². The Bertz CT molecular complexity index is 1440. The minimum absolute atomic E-state index is 0.0121. The molecule has 3 rings (SSSR count). The van der Waals surface area contributed by atoms with Crippen molar-refractivity contribution in [3.05, 3.63) is 89.3 Å². The van der Waals surface area contributed by atoms with E-state index in [1.54, 1.807) is 43.1 Å². The van der Waals surface area contributed by atoms with Gasteiger partial charge in [-0.15, -0.1) is 0 Å². The van der Waals surface area contributed by atoms with Gasteiger partial charge in [-0.1, -0.05) is 12.6 Å². The van der Waals surface area contributed by atoms with Gasteiger partial charge in [-0.3, -0.25) is 9.32 Å². The number of methoxy groups -OCH3 is 1. The monoisotopic (exact) mass is 627 g/mol. The van der Waals surface area contributed by atoms with Gasteiger partial charge in [0, 0.05) is 18.1 Å². The first-order chi connectivity index (χ1) is 20.1. The maximum atomic E-state index is 14.0. The van der Waals surface area contributed by atoms with Crippen LogP contribution >= 0.6 is 7.82 Å². The number of aliphatic hydroxyl groups is 1. The third-order valence-electron chi connectivity index (χ3n) is 6.29. The van der Waals surface area contributed by atoms with Crippen LogP contribution in [0, 0.1) is 17.5 Å². The second-order valence-corrected chi connectivity index (χ2v) is 10.9. The number of nitrogens with one attached hydrogen (secondary N) is 1. The first kappa shape index (κ1) is 33.7. The zero-order chi connectivity index (χ0) is 32.1. The Morgan fingerprint density at radius 1 is 1.28 bits per heavy atom. The van der Waals surface area contributed by atoms with Gasteiger partial charge in [0.1, 0.15) is 18.6 Å². The molecule has 1 heterocycles. The summed E-state index contributed by atoms with van der Waals surface area (Å²) in [6.45, 7) is 7.99. The van der Waals surface area contributed by atoms with E-state index in [2.05, 4.69) is 16.4 Å². The smallest absolute Gasteiger partial charge is 0.471 e. The molecule has 1 saturated heterocycles. The molecule has 1 amide bonds. The maximum Gasteiger partial charge on any atom is 0.471 e. The number of phosphoric ester groups is 1. The lowest BCUT2D eigenvalue weighted by Gasteiger charge is -2.39. The fourth-order valence-corrected chi connectivity index (χ4v) is 4.69. The standard InChI is InChI=1S/C28H33F3N3O8P/c1-6-33(13-16(2)32-15-41-43(37,38)39)23-8-7-19(9-24(23)40-5)10-25-28(36)34(14-17(3)42-25)27(18(4)35)20-11-21(29)26(31)22(30)12-20/h6-13,17-18,27,32,35H,1,14-15H2,2-5H3,(H2,37,38,39)/b16-13-,25-10-/t17-,18+,27-/m0/s1. The number of anilines is 1. The summed E-state index contributed by atoms with van der Waals surface area (Å²) in [5.41, 5.74) is 1.38. The molecule has 234 valence electrons. The fraction of sp³-hybridized carbons (Fsp3) is 0.321. The molecule has 4 N–H and O–H groups in total. The average Bonchev–Trinajstić information content (AvgIpc) is 2.92. The topological polar surface area (TPSA) is 141 Å². The number of ether oxygens (including phenoxy) is 2. The van der Waals surface area contributed by atoms with E-state index >= 15 is 0 Å². The summed E-state index contributed by atoms with van der Waals surface area (Å²) in [4.78, 5) is 34.0. The fourth-order valence-electron chi connectivity index (χ4n) is 4.46. The molecule has 0 saturated carbocycles. The highest BCUT2D eigenvalue weighted by Gasteiger charge is 2.37. The Morgan fingerprint density at radius 2 is 1.93 bits per heavy atom. The highest BCUT2D eigenvalue weighted by atomic mass is 31.2. The van der Waals surface area contributed by atoms with Gasteiger partial charge in [-0.05, 0) is 62.2 Å². The van der Waals surface area contributed by atoms with Gasteiger partial charge >= 0.3 is 7.82 Å². The van der Waals surface area contributed by atoms with Gasteiger partial charge in [0.15, 0.2) is 23.2 Å². The molecular formula is C28H33F3N3O8P. The molecule has 1 fully saturated rings. The second-order valence-electron chi connectivity index (χ2n) is 9.65. The van der Waals surface area contributed by atoms with Crippen molar-refractivity contribution in [1.82, 2.24) is 10.2 Å². The van der Waals surface area contributed by atoms with Crippen molar-refractivity contribution in [2.45, 2.75) is 39.0 Å². The zero-order valence-corrected chi connectivity index (χ0v) is 24.7. The summed E-state index contributed by atoms with van der Waals surface area (Å²) in [5.74, 6) is -4.95. The van der Waals surface area contributed by atoms with Crippen molar-refractivity contribution in [3.63, 3.8) is 0 Å². The first-order valence-corrected chi connectivity index (χ1v) is 14.4. The lowest BCUT2D eigenvalue weighted by atomic mass is 9.98. The zero-order valence-electron chi connectivity index (χ0n) is 23.8. The third-order valence-corrected chi connectivity index (χ3v) is 6.75. The van der Waals surface area contributed by atoms with Crippen LogP contribution in [0.25, 0.3) is 6.08 Å². The normalized spacial score (nSPS) is 18.2. The number of phosphoric acid groups is 1. The molecule has 0 aromatic heterocycles. The van der Waals surface area contributed by atoms with Crippen LogP contribution in [0.5, 0.6) is 5.75 Å². The number of nitrogens with zero attached hydrogens (tertiary/aromatic N) is 2. The lowest BCUT2D eigenvalue weighted by molar-refractivity contribution is -0.145. The van der Waals surface area contributed by atoms with Crippen molar-refractivity contribution in [2.24, 2.45) is 0 Å². The maximum absolute atomic E-state index is 14.0. The number of benzene rings is 2. The molecule has 0 spiro atoms. The molecule has 3 atom stereocenters. The van der Waals surface area contributed by atoms with Crippen LogP contribution in [0.2, 0.25) is 0 Å². The summed E-state index contributed by atoms with van der Waals surface area (Å²) >= 11 is 0. The molecule has 43 heavy (non-hydrogen) atoms. The molecule has 15 heteroatoms. The largest absolute Gasteiger partial charge is 0.495 e. The van der Waals surface area contributed by atoms with Crippen LogP contribution in [0.1, 0.15) is 37.9 Å². The number of hydrogen-bond acceptors (Lipinski definition) is 8. The van der Waals surface area contributed by atoms with Crippen LogP contribution in [0.15, 0.2) is 60.8 Å². The predicted octanol–water partition coefficient (Wildman–Crippen LogP) is 4.29. The second kappa shape index (κ2) is 14.1. The Kier molecular flexibility index (Phi) is 11.1. The molecule has 0 unspecified atom stereocenters. The Morgan fingerprint density at radius 3 is 2.49 bits per heavy atom. The van der Waals surface area contributed by atoms with Gasteiger partial charge in [-0.25, -0.2) is 17.7 Å². The van der Waals surface area contributed by atoms with E-state index in [0.29, 0.717) is 22.7 Å². The minimum atomic E-state index is -4.64.